The lowest BCUT2D eigenvalue weighted by Gasteiger charge is -2.02. The first-order valence-corrected chi connectivity index (χ1v) is 8.17. The van der Waals surface area contributed by atoms with Crippen LogP contribution in [0, 0.1) is 17.2 Å². The van der Waals surface area contributed by atoms with E-state index in [9.17, 15) is 14.4 Å². The SMILES string of the molecule is N#Cc1ccncc1-c1ccc2nc(NC(=O)[C@@H]3CC3F)sc2c1. The number of aromatic nitrogens is 2. The van der Waals surface area contributed by atoms with Crippen LogP contribution in [0.25, 0.3) is 21.3 Å². The summed E-state index contributed by atoms with van der Waals surface area (Å²) in [6, 6.07) is 9.43. The number of thiazole rings is 1. The predicted octanol–water partition coefficient (Wildman–Crippen LogP) is 3.53. The largest absolute Gasteiger partial charge is 0.302 e. The van der Waals surface area contributed by atoms with E-state index in [0.717, 1.165) is 21.3 Å². The summed E-state index contributed by atoms with van der Waals surface area (Å²) in [6.07, 6.45) is 2.49. The number of alkyl halides is 1. The number of amides is 1. The zero-order valence-corrected chi connectivity index (χ0v) is 13.2. The smallest absolute Gasteiger partial charge is 0.232 e. The van der Waals surface area contributed by atoms with Crippen LogP contribution in [0.2, 0.25) is 0 Å². The highest BCUT2D eigenvalue weighted by Gasteiger charge is 2.43. The number of rotatable bonds is 3. The number of hydrogen-bond donors (Lipinski definition) is 1. The number of benzene rings is 1. The van der Waals surface area contributed by atoms with Gasteiger partial charge >= 0.3 is 0 Å². The lowest BCUT2D eigenvalue weighted by molar-refractivity contribution is -0.117. The van der Waals surface area contributed by atoms with Gasteiger partial charge in [0.25, 0.3) is 0 Å². The Bertz CT molecular complexity index is 994. The molecule has 0 spiro atoms. The second kappa shape index (κ2) is 5.65. The molecule has 2 atom stereocenters. The Morgan fingerprint density at radius 1 is 1.42 bits per heavy atom. The van der Waals surface area contributed by atoms with Crippen molar-refractivity contribution in [3.05, 3.63) is 42.2 Å². The van der Waals surface area contributed by atoms with E-state index in [-0.39, 0.29) is 5.91 Å². The van der Waals surface area contributed by atoms with Crippen LogP contribution in [0.4, 0.5) is 9.52 Å². The number of nitrogens with one attached hydrogen (secondary N) is 1. The molecule has 2 heterocycles. The summed E-state index contributed by atoms with van der Waals surface area (Å²) in [5.41, 5.74) is 2.90. The molecule has 0 saturated heterocycles. The highest BCUT2D eigenvalue weighted by Crippen LogP contribution is 2.36. The van der Waals surface area contributed by atoms with E-state index in [4.69, 9.17) is 0 Å². The van der Waals surface area contributed by atoms with E-state index in [0.29, 0.717) is 17.1 Å². The molecule has 0 aliphatic heterocycles. The number of halogens is 1. The van der Waals surface area contributed by atoms with Gasteiger partial charge in [0.15, 0.2) is 5.13 Å². The zero-order valence-electron chi connectivity index (χ0n) is 12.4. The van der Waals surface area contributed by atoms with Crippen LogP contribution in [0.3, 0.4) is 0 Å². The Balaban J connectivity index is 1.66. The minimum absolute atomic E-state index is 0.290. The van der Waals surface area contributed by atoms with Gasteiger partial charge in [-0.1, -0.05) is 17.4 Å². The number of carbonyl (C=O) groups excluding carboxylic acids is 1. The van der Waals surface area contributed by atoms with Gasteiger partial charge < -0.3 is 5.32 Å². The monoisotopic (exact) mass is 338 g/mol. The van der Waals surface area contributed by atoms with E-state index >= 15 is 0 Å². The summed E-state index contributed by atoms with van der Waals surface area (Å²) in [6.45, 7) is 0. The van der Waals surface area contributed by atoms with Gasteiger partial charge in [-0.25, -0.2) is 9.37 Å². The molecule has 118 valence electrons. The van der Waals surface area contributed by atoms with E-state index in [1.807, 2.05) is 18.2 Å². The van der Waals surface area contributed by atoms with Crippen molar-refractivity contribution in [3.63, 3.8) is 0 Å². The normalized spacial score (nSPS) is 19.0. The van der Waals surface area contributed by atoms with Crippen LogP contribution >= 0.6 is 11.3 Å². The second-order valence-electron chi connectivity index (χ2n) is 5.58. The fourth-order valence-corrected chi connectivity index (χ4v) is 3.41. The third-order valence-corrected chi connectivity index (χ3v) is 4.85. The fraction of sp³-hybridized carbons (Fsp3) is 0.176. The van der Waals surface area contributed by atoms with Gasteiger partial charge in [0.05, 0.1) is 27.8 Å². The van der Waals surface area contributed by atoms with Crippen molar-refractivity contribution in [1.29, 1.82) is 5.26 Å². The summed E-state index contributed by atoms with van der Waals surface area (Å²) >= 11 is 1.33. The summed E-state index contributed by atoms with van der Waals surface area (Å²) in [7, 11) is 0. The maximum Gasteiger partial charge on any atom is 0.232 e. The summed E-state index contributed by atoms with van der Waals surface area (Å²) in [5, 5.41) is 12.3. The molecule has 1 amide bonds. The first kappa shape index (κ1) is 14.7. The van der Waals surface area contributed by atoms with E-state index in [1.165, 1.54) is 11.3 Å². The van der Waals surface area contributed by atoms with Gasteiger partial charge in [-0.2, -0.15) is 5.26 Å². The molecule has 2 aromatic heterocycles. The molecular formula is C17H11FN4OS. The van der Waals surface area contributed by atoms with Crippen molar-refractivity contribution in [1.82, 2.24) is 9.97 Å². The Kier molecular flexibility index (Phi) is 3.47. The van der Waals surface area contributed by atoms with Gasteiger partial charge in [-0.05, 0) is 30.2 Å². The third-order valence-electron chi connectivity index (χ3n) is 3.92. The van der Waals surface area contributed by atoms with E-state index in [1.54, 1.807) is 18.5 Å². The first-order chi connectivity index (χ1) is 11.7. The van der Waals surface area contributed by atoms with Crippen molar-refractivity contribution < 1.29 is 9.18 Å². The van der Waals surface area contributed by atoms with Crippen molar-refractivity contribution >= 4 is 32.6 Å². The number of fused-ring (bicyclic) bond motifs is 1. The molecule has 5 nitrogen and oxygen atoms in total. The standard InChI is InChI=1S/C17H11FN4OS/c18-13-6-11(13)16(23)22-17-21-14-2-1-9(5-15(14)24-17)12-8-20-4-3-10(12)7-19/h1-5,8,11,13H,6H2,(H,21,22,23)/t11-,13?/m1/s1. The molecule has 1 fully saturated rings. The first-order valence-electron chi connectivity index (χ1n) is 7.36. The average Bonchev–Trinajstić information content (AvgIpc) is 3.20. The fourth-order valence-electron chi connectivity index (χ4n) is 2.50. The van der Waals surface area contributed by atoms with Crippen molar-refractivity contribution in [2.45, 2.75) is 12.6 Å². The number of anilines is 1. The quantitative estimate of drug-likeness (QED) is 0.792. The van der Waals surface area contributed by atoms with Crippen LogP contribution in [0.1, 0.15) is 12.0 Å². The molecule has 1 aliphatic rings. The molecule has 0 radical (unpaired) electrons. The van der Waals surface area contributed by atoms with Crippen molar-refractivity contribution in [2.75, 3.05) is 5.32 Å². The molecule has 0 bridgehead atoms. The summed E-state index contributed by atoms with van der Waals surface area (Å²) in [4.78, 5) is 20.2. The molecule has 7 heteroatoms. The van der Waals surface area contributed by atoms with Gasteiger partial charge in [-0.3, -0.25) is 9.78 Å². The molecule has 1 N–H and O–H groups in total. The minimum Gasteiger partial charge on any atom is -0.302 e. The highest BCUT2D eigenvalue weighted by atomic mass is 32.1. The predicted molar refractivity (Wildman–Crippen MR) is 89.2 cm³/mol. The second-order valence-corrected chi connectivity index (χ2v) is 6.61. The van der Waals surface area contributed by atoms with E-state index in [2.05, 4.69) is 21.4 Å². The number of pyridine rings is 1. The number of nitriles is 1. The third kappa shape index (κ3) is 2.61. The molecule has 1 aliphatic carbocycles. The molecule has 3 aromatic rings. The lowest BCUT2D eigenvalue weighted by atomic mass is 10.0. The lowest BCUT2D eigenvalue weighted by Crippen LogP contribution is -2.14. The topological polar surface area (TPSA) is 78.7 Å². The maximum atomic E-state index is 12.9. The molecule has 4 rings (SSSR count). The van der Waals surface area contributed by atoms with Gasteiger partial charge in [0, 0.05) is 18.0 Å². The molecule has 1 saturated carbocycles. The summed E-state index contributed by atoms with van der Waals surface area (Å²) < 4.78 is 13.8. The maximum absolute atomic E-state index is 12.9. The van der Waals surface area contributed by atoms with Crippen LogP contribution in [0.5, 0.6) is 0 Å². The minimum atomic E-state index is -1.03. The Morgan fingerprint density at radius 3 is 3.00 bits per heavy atom. The summed E-state index contributed by atoms with van der Waals surface area (Å²) in [5.74, 6) is -0.859. The highest BCUT2D eigenvalue weighted by molar-refractivity contribution is 7.22. The van der Waals surface area contributed by atoms with E-state index < -0.39 is 12.1 Å². The Labute approximate surface area is 140 Å². The Morgan fingerprint density at radius 2 is 2.25 bits per heavy atom. The molecule has 24 heavy (non-hydrogen) atoms. The van der Waals surface area contributed by atoms with Crippen molar-refractivity contribution in [2.24, 2.45) is 5.92 Å². The molecular weight excluding hydrogens is 327 g/mol. The van der Waals surface area contributed by atoms with Crippen LogP contribution in [0.15, 0.2) is 36.7 Å². The number of carbonyl (C=O) groups is 1. The van der Waals surface area contributed by atoms with Crippen LogP contribution in [-0.2, 0) is 4.79 Å². The molecule has 1 aromatic carbocycles. The van der Waals surface area contributed by atoms with Crippen molar-refractivity contribution in [3.8, 4) is 17.2 Å². The zero-order chi connectivity index (χ0) is 16.7. The number of hydrogen-bond acceptors (Lipinski definition) is 5. The molecule has 1 unspecified atom stereocenters. The van der Waals surface area contributed by atoms with Gasteiger partial charge in [0.2, 0.25) is 5.91 Å². The Hall–Kier alpha value is -2.85. The average molecular weight is 338 g/mol. The van der Waals surface area contributed by atoms with Crippen LogP contribution < -0.4 is 5.32 Å². The van der Waals surface area contributed by atoms with Crippen LogP contribution in [-0.4, -0.2) is 22.0 Å². The van der Waals surface area contributed by atoms with Gasteiger partial charge in [-0.15, -0.1) is 0 Å². The number of nitrogens with zero attached hydrogens (tertiary/aromatic N) is 3. The van der Waals surface area contributed by atoms with Gasteiger partial charge in [0.1, 0.15) is 6.17 Å².